The summed E-state index contributed by atoms with van der Waals surface area (Å²) in [6, 6.07) is -0.886. The fraction of sp³-hybridized carbons (Fsp3) is 0.895. The number of unbranched alkanes of at least 4 members (excludes halogenated alkanes) is 50. The molecule has 0 saturated carbocycles. The van der Waals surface area contributed by atoms with Crippen molar-refractivity contribution in [2.75, 3.05) is 40.9 Å². The van der Waals surface area contributed by atoms with Gasteiger partial charge in [-0.25, -0.2) is 0 Å². The van der Waals surface area contributed by atoms with Crippen LogP contribution in [0, 0.1) is 0 Å². The van der Waals surface area contributed by atoms with Gasteiger partial charge in [0.25, 0.3) is 7.82 Å². The van der Waals surface area contributed by atoms with Gasteiger partial charge in [0.1, 0.15) is 19.3 Å². The molecule has 0 radical (unpaired) electrons. The lowest BCUT2D eigenvalue weighted by Crippen LogP contribution is -2.47. The van der Waals surface area contributed by atoms with Crippen molar-refractivity contribution >= 4 is 19.7 Å². The summed E-state index contributed by atoms with van der Waals surface area (Å²) in [5.74, 6) is -0.519. The first-order valence-corrected chi connectivity index (χ1v) is 39.3. The summed E-state index contributed by atoms with van der Waals surface area (Å²) in [6.45, 7) is 6.90. The summed E-state index contributed by atoms with van der Waals surface area (Å²) in [7, 11) is 1.20. The summed E-state index contributed by atoms with van der Waals surface area (Å²) < 4.78 is 30.5. The maximum atomic E-state index is 13.6. The maximum absolute atomic E-state index is 13.6. The van der Waals surface area contributed by atoms with E-state index in [-0.39, 0.29) is 31.5 Å². The van der Waals surface area contributed by atoms with Gasteiger partial charge in [0.15, 0.2) is 0 Å². The van der Waals surface area contributed by atoms with Crippen LogP contribution in [0.2, 0.25) is 0 Å². The van der Waals surface area contributed by atoms with Crippen molar-refractivity contribution in [3.63, 3.8) is 0 Å². The standard InChI is InChI=1S/C76H147N2O7P/c1-7-10-13-16-19-22-25-28-30-32-34-36-38-39-41-42-44-46-48-50-53-56-59-62-65-68-75(79)77-73(72-84-86(81,82)83-71-70-78(4,5)6)74(67-64-61-58-55-52-27-24-21-18-15-12-9-3)85-76(80)69-66-63-60-57-54-51-49-47-45-43-40-37-35-33-31-29-26-23-20-17-14-11-8-2/h28-31,64,67,73-74H,7-27,32-63,65-66,68-72H2,1-6H3,(H-,77,79,81,82)/b30-28+,31-29+,67-64+. The van der Waals surface area contributed by atoms with Gasteiger partial charge in [-0.05, 0) is 83.1 Å². The molecule has 3 atom stereocenters. The van der Waals surface area contributed by atoms with Crippen LogP contribution in [0.4, 0.5) is 0 Å². The van der Waals surface area contributed by atoms with E-state index in [1.807, 2.05) is 33.3 Å². The summed E-state index contributed by atoms with van der Waals surface area (Å²) in [5, 5.41) is 3.06. The van der Waals surface area contributed by atoms with Crippen LogP contribution < -0.4 is 10.2 Å². The van der Waals surface area contributed by atoms with E-state index in [0.717, 1.165) is 57.8 Å². The molecule has 0 aliphatic rings. The number of nitrogens with one attached hydrogen (secondary N) is 1. The molecule has 0 fully saturated rings. The maximum Gasteiger partial charge on any atom is 0.306 e. The van der Waals surface area contributed by atoms with Crippen LogP contribution in [-0.2, 0) is 27.9 Å². The second-order valence-corrected chi connectivity index (χ2v) is 28.6. The Morgan fingerprint density at radius 2 is 0.674 bits per heavy atom. The third-order valence-electron chi connectivity index (χ3n) is 17.3. The van der Waals surface area contributed by atoms with Gasteiger partial charge in [-0.15, -0.1) is 0 Å². The van der Waals surface area contributed by atoms with Crippen molar-refractivity contribution in [3.8, 4) is 0 Å². The van der Waals surface area contributed by atoms with E-state index >= 15 is 0 Å². The quantitative estimate of drug-likeness (QED) is 0.0212. The van der Waals surface area contributed by atoms with Gasteiger partial charge in [0, 0.05) is 12.8 Å². The van der Waals surface area contributed by atoms with E-state index < -0.39 is 20.0 Å². The molecule has 86 heavy (non-hydrogen) atoms. The second kappa shape index (κ2) is 66.2. The van der Waals surface area contributed by atoms with Gasteiger partial charge in [-0.3, -0.25) is 14.2 Å². The minimum atomic E-state index is -4.70. The van der Waals surface area contributed by atoms with Crippen LogP contribution in [0.3, 0.4) is 0 Å². The van der Waals surface area contributed by atoms with Gasteiger partial charge in [-0.2, -0.15) is 0 Å². The normalized spacial score (nSPS) is 13.6. The topological polar surface area (TPSA) is 114 Å². The molecule has 10 heteroatoms. The van der Waals surface area contributed by atoms with Crippen molar-refractivity contribution in [2.45, 2.75) is 399 Å². The van der Waals surface area contributed by atoms with Crippen LogP contribution in [0.5, 0.6) is 0 Å². The van der Waals surface area contributed by atoms with Crippen LogP contribution >= 0.6 is 7.82 Å². The van der Waals surface area contributed by atoms with Gasteiger partial charge in [0.05, 0.1) is 33.8 Å². The van der Waals surface area contributed by atoms with Crippen molar-refractivity contribution in [1.82, 2.24) is 5.32 Å². The average Bonchev–Trinajstić information content (AvgIpc) is 3.69. The van der Waals surface area contributed by atoms with Gasteiger partial charge < -0.3 is 28.5 Å². The fourth-order valence-electron chi connectivity index (χ4n) is 11.5. The SMILES string of the molecule is CCCCCCCC/C=C/CCCCCCCCCCCCCCCCCC(=O)NC(COP(=O)([O-])OCC[N+](C)(C)C)C(/C=C/CCCCCCCCCCCC)OC(=O)CCCCCCCCCCCCCCC/C=C/CCCCCCCC. The third kappa shape index (κ3) is 66.6. The number of nitrogens with zero attached hydrogens (tertiary/aromatic N) is 1. The molecular weight excluding hydrogens is 1080 g/mol. The molecule has 1 amide bonds. The van der Waals surface area contributed by atoms with Gasteiger partial charge in [-0.1, -0.05) is 327 Å². The molecule has 3 unspecified atom stereocenters. The molecule has 0 bridgehead atoms. The van der Waals surface area contributed by atoms with E-state index in [4.69, 9.17) is 13.8 Å². The number of allylic oxidation sites excluding steroid dienone is 5. The Labute approximate surface area is 536 Å². The molecule has 0 rings (SSSR count). The molecule has 0 aliphatic heterocycles. The summed E-state index contributed by atoms with van der Waals surface area (Å²) in [5.41, 5.74) is 0. The number of phosphoric ester groups is 1. The number of hydrogen-bond acceptors (Lipinski definition) is 7. The van der Waals surface area contributed by atoms with Gasteiger partial charge in [0.2, 0.25) is 5.91 Å². The van der Waals surface area contributed by atoms with Gasteiger partial charge >= 0.3 is 5.97 Å². The molecule has 0 aromatic heterocycles. The molecule has 1 N–H and O–H groups in total. The van der Waals surface area contributed by atoms with Crippen molar-refractivity contribution in [3.05, 3.63) is 36.5 Å². The number of rotatable bonds is 70. The van der Waals surface area contributed by atoms with E-state index in [0.29, 0.717) is 17.4 Å². The lowest BCUT2D eigenvalue weighted by Gasteiger charge is -2.30. The largest absolute Gasteiger partial charge is 0.756 e. The Balaban J connectivity index is 4.97. The highest BCUT2D eigenvalue weighted by Gasteiger charge is 2.27. The number of phosphoric acid groups is 1. The molecule has 0 spiro atoms. The van der Waals surface area contributed by atoms with E-state index in [1.54, 1.807) is 0 Å². The molecule has 0 aromatic carbocycles. The molecule has 0 heterocycles. The predicted octanol–water partition coefficient (Wildman–Crippen LogP) is 23.6. The second-order valence-electron chi connectivity index (χ2n) is 27.1. The lowest BCUT2D eigenvalue weighted by atomic mass is 10.0. The Hall–Kier alpha value is -1.77. The number of carbonyl (C=O) groups excluding carboxylic acids is 2. The van der Waals surface area contributed by atoms with Crippen LogP contribution in [-0.4, -0.2) is 69.4 Å². The molecule has 0 saturated heterocycles. The van der Waals surface area contributed by atoms with Crippen molar-refractivity contribution in [1.29, 1.82) is 0 Å². The van der Waals surface area contributed by atoms with E-state index in [9.17, 15) is 19.0 Å². The minimum absolute atomic E-state index is 0.0192. The van der Waals surface area contributed by atoms with Crippen LogP contribution in [0.1, 0.15) is 387 Å². The highest BCUT2D eigenvalue weighted by Crippen LogP contribution is 2.38. The monoisotopic (exact) mass is 1230 g/mol. The van der Waals surface area contributed by atoms with E-state index in [2.05, 4.69) is 50.4 Å². The van der Waals surface area contributed by atoms with Crippen molar-refractivity contribution < 1.29 is 37.3 Å². The summed E-state index contributed by atoms with van der Waals surface area (Å²) in [4.78, 5) is 40.3. The third-order valence-corrected chi connectivity index (χ3v) is 18.3. The highest BCUT2D eigenvalue weighted by atomic mass is 31.2. The minimum Gasteiger partial charge on any atom is -0.756 e. The lowest BCUT2D eigenvalue weighted by molar-refractivity contribution is -0.870. The molecule has 0 aromatic rings. The number of hydrogen-bond donors (Lipinski definition) is 1. The Kier molecular flexibility index (Phi) is 64.8. The van der Waals surface area contributed by atoms with Crippen molar-refractivity contribution in [2.24, 2.45) is 0 Å². The summed E-state index contributed by atoms with van der Waals surface area (Å²) in [6.07, 6.45) is 82.8. The summed E-state index contributed by atoms with van der Waals surface area (Å²) >= 11 is 0. The fourth-order valence-corrected chi connectivity index (χ4v) is 12.2. The Bertz CT molecular complexity index is 1560. The number of amides is 1. The number of quaternary nitrogens is 1. The Morgan fingerprint density at radius 1 is 0.395 bits per heavy atom. The predicted molar refractivity (Wildman–Crippen MR) is 372 cm³/mol. The molecule has 508 valence electrons. The molecule has 0 aliphatic carbocycles. The van der Waals surface area contributed by atoms with Crippen LogP contribution in [0.15, 0.2) is 36.5 Å². The number of likely N-dealkylation sites (N-methyl/N-ethyl adjacent to an activating group) is 1. The zero-order chi connectivity index (χ0) is 62.8. The van der Waals surface area contributed by atoms with E-state index in [1.165, 1.54) is 295 Å². The average molecular weight is 1230 g/mol. The smallest absolute Gasteiger partial charge is 0.306 e. The number of carbonyl (C=O) groups is 2. The first-order chi connectivity index (χ1) is 41.9. The molecule has 9 nitrogen and oxygen atoms in total. The first kappa shape index (κ1) is 84.2. The molecular formula is C76H147N2O7P. The zero-order valence-corrected chi connectivity index (χ0v) is 59.2. The highest BCUT2D eigenvalue weighted by molar-refractivity contribution is 7.45. The first-order valence-electron chi connectivity index (χ1n) is 37.8. The Morgan fingerprint density at radius 3 is 0.988 bits per heavy atom. The van der Waals surface area contributed by atoms with Crippen LogP contribution in [0.25, 0.3) is 0 Å². The zero-order valence-electron chi connectivity index (χ0n) is 58.3. The number of esters is 1. The number of ether oxygens (including phenoxy) is 1.